The van der Waals surface area contributed by atoms with Crippen LogP contribution in [0.25, 0.3) is 0 Å². The van der Waals surface area contributed by atoms with Gasteiger partial charge in [-0.1, -0.05) is 27.7 Å². The van der Waals surface area contributed by atoms with Gasteiger partial charge in [0.2, 0.25) is 10.0 Å². The normalized spacial score (nSPS) is 14.2. The van der Waals surface area contributed by atoms with E-state index in [1.165, 1.54) is 11.3 Å². The van der Waals surface area contributed by atoms with Crippen molar-refractivity contribution in [1.29, 1.82) is 0 Å². The Labute approximate surface area is 124 Å². The Hall–Kier alpha value is -0.920. The zero-order chi connectivity index (χ0) is 15.6. The molecular weight excluding hydrogens is 298 g/mol. The minimum absolute atomic E-state index is 0.231. The quantitative estimate of drug-likeness (QED) is 0.844. The summed E-state index contributed by atoms with van der Waals surface area (Å²) in [5.74, 6) is -1.02. The summed E-state index contributed by atoms with van der Waals surface area (Å²) in [4.78, 5) is 11.9. The fraction of sp³-hybridized carbons (Fsp3) is 0.615. The smallest absolute Gasteiger partial charge is 0.304 e. The molecule has 0 amide bonds. The van der Waals surface area contributed by atoms with E-state index in [2.05, 4.69) is 4.72 Å². The van der Waals surface area contributed by atoms with Crippen molar-refractivity contribution in [1.82, 2.24) is 4.72 Å². The second-order valence-corrected chi connectivity index (χ2v) is 8.82. The third kappa shape index (κ3) is 4.57. The van der Waals surface area contributed by atoms with Crippen LogP contribution in [0.15, 0.2) is 16.3 Å². The number of carboxylic acid groups (broad SMARTS) is 1. The molecule has 7 heteroatoms. The van der Waals surface area contributed by atoms with Gasteiger partial charge in [0, 0.05) is 10.9 Å². The van der Waals surface area contributed by atoms with Crippen molar-refractivity contribution >= 4 is 27.3 Å². The summed E-state index contributed by atoms with van der Waals surface area (Å²) < 4.78 is 27.4. The predicted octanol–water partition coefficient (Wildman–Crippen LogP) is 2.48. The summed E-state index contributed by atoms with van der Waals surface area (Å²) in [5.41, 5.74) is -0.476. The second-order valence-electron chi connectivity index (χ2n) is 5.71. The molecule has 0 saturated heterocycles. The second kappa shape index (κ2) is 6.24. The maximum atomic E-state index is 12.3. The molecule has 1 aromatic heterocycles. The first-order valence-electron chi connectivity index (χ1n) is 6.39. The molecule has 0 fully saturated rings. The number of aryl methyl sites for hydroxylation is 1. The monoisotopic (exact) mass is 319 g/mol. The van der Waals surface area contributed by atoms with Crippen LogP contribution in [0.5, 0.6) is 0 Å². The molecule has 0 aliphatic carbocycles. The lowest BCUT2D eigenvalue weighted by molar-refractivity contribution is -0.138. The van der Waals surface area contributed by atoms with E-state index in [0.717, 1.165) is 11.3 Å². The van der Waals surface area contributed by atoms with E-state index < -0.39 is 27.4 Å². The van der Waals surface area contributed by atoms with Gasteiger partial charge in [-0.3, -0.25) is 4.79 Å². The van der Waals surface area contributed by atoms with Gasteiger partial charge in [0.15, 0.2) is 0 Å². The van der Waals surface area contributed by atoms with Crippen LogP contribution in [-0.4, -0.2) is 25.5 Å². The van der Waals surface area contributed by atoms with Crippen LogP contribution in [0.1, 0.15) is 39.0 Å². The molecule has 1 aromatic rings. The molecule has 1 heterocycles. The molecule has 5 nitrogen and oxygen atoms in total. The Morgan fingerprint density at radius 2 is 2.00 bits per heavy atom. The highest BCUT2D eigenvalue weighted by atomic mass is 32.2. The van der Waals surface area contributed by atoms with Crippen molar-refractivity contribution in [3.05, 3.63) is 17.0 Å². The Morgan fingerprint density at radius 1 is 1.40 bits per heavy atom. The van der Waals surface area contributed by atoms with Gasteiger partial charge in [0.05, 0.1) is 6.42 Å². The van der Waals surface area contributed by atoms with Crippen molar-refractivity contribution in [3.8, 4) is 0 Å². The number of thiophene rings is 1. The van der Waals surface area contributed by atoms with Gasteiger partial charge in [0.25, 0.3) is 0 Å². The Kier molecular flexibility index (Phi) is 5.34. The van der Waals surface area contributed by atoms with Gasteiger partial charge < -0.3 is 5.11 Å². The zero-order valence-corrected chi connectivity index (χ0v) is 13.8. The van der Waals surface area contributed by atoms with Crippen molar-refractivity contribution in [3.63, 3.8) is 0 Å². The molecule has 0 spiro atoms. The maximum absolute atomic E-state index is 12.3. The Bertz CT molecular complexity index is 569. The molecule has 20 heavy (non-hydrogen) atoms. The fourth-order valence-corrected chi connectivity index (χ4v) is 4.39. The third-order valence-corrected chi connectivity index (χ3v) is 6.16. The van der Waals surface area contributed by atoms with Gasteiger partial charge in [-0.15, -0.1) is 11.3 Å². The van der Waals surface area contributed by atoms with Crippen LogP contribution in [0.4, 0.5) is 0 Å². The Morgan fingerprint density at radius 3 is 2.40 bits per heavy atom. The van der Waals surface area contributed by atoms with E-state index in [0.29, 0.717) is 0 Å². The fourth-order valence-electron chi connectivity index (χ4n) is 1.64. The lowest BCUT2D eigenvalue weighted by Gasteiger charge is -2.29. The van der Waals surface area contributed by atoms with Crippen LogP contribution in [-0.2, 0) is 21.2 Å². The van der Waals surface area contributed by atoms with E-state index in [1.807, 2.05) is 27.7 Å². The number of rotatable bonds is 6. The lowest BCUT2D eigenvalue weighted by Crippen LogP contribution is -2.44. The summed E-state index contributed by atoms with van der Waals surface area (Å²) >= 11 is 1.21. The summed E-state index contributed by atoms with van der Waals surface area (Å²) in [7, 11) is -3.67. The minimum Gasteiger partial charge on any atom is -0.481 e. The van der Waals surface area contributed by atoms with Crippen molar-refractivity contribution < 1.29 is 18.3 Å². The standard InChI is InChI=1S/C13H21NO4S2/c1-5-9-6-7-12(19-9)20(17,18)14-10(8-11(15)16)13(2,3)4/h6-7,10,14H,5,8H2,1-4H3,(H,15,16). The Balaban J connectivity index is 2.99. The number of sulfonamides is 1. The average Bonchev–Trinajstić information content (AvgIpc) is 2.75. The van der Waals surface area contributed by atoms with Gasteiger partial charge in [-0.2, -0.15) is 0 Å². The van der Waals surface area contributed by atoms with Gasteiger partial charge >= 0.3 is 5.97 Å². The number of carbonyl (C=O) groups is 1. The molecule has 0 saturated carbocycles. The number of hydrogen-bond acceptors (Lipinski definition) is 4. The summed E-state index contributed by atoms with van der Waals surface area (Å²) in [6.45, 7) is 7.40. The topological polar surface area (TPSA) is 83.5 Å². The molecule has 0 aromatic carbocycles. The highest BCUT2D eigenvalue weighted by Crippen LogP contribution is 2.26. The van der Waals surface area contributed by atoms with E-state index in [1.54, 1.807) is 12.1 Å². The average molecular weight is 319 g/mol. The predicted molar refractivity (Wildman–Crippen MR) is 79.5 cm³/mol. The molecule has 0 aliphatic heterocycles. The number of aliphatic carboxylic acids is 1. The molecule has 2 N–H and O–H groups in total. The summed E-state index contributed by atoms with van der Waals surface area (Å²) in [5, 5.41) is 8.92. The van der Waals surface area contributed by atoms with Crippen LogP contribution in [0.2, 0.25) is 0 Å². The van der Waals surface area contributed by atoms with Crippen LogP contribution in [0.3, 0.4) is 0 Å². The van der Waals surface area contributed by atoms with E-state index in [9.17, 15) is 13.2 Å². The molecule has 1 unspecified atom stereocenters. The van der Waals surface area contributed by atoms with Gasteiger partial charge in [-0.25, -0.2) is 13.1 Å². The largest absolute Gasteiger partial charge is 0.481 e. The van der Waals surface area contributed by atoms with Gasteiger partial charge in [0.1, 0.15) is 4.21 Å². The van der Waals surface area contributed by atoms with Crippen LogP contribution < -0.4 is 4.72 Å². The van der Waals surface area contributed by atoms with E-state index in [4.69, 9.17) is 5.11 Å². The minimum atomic E-state index is -3.67. The first-order chi connectivity index (χ1) is 9.06. The van der Waals surface area contributed by atoms with E-state index >= 15 is 0 Å². The first-order valence-corrected chi connectivity index (χ1v) is 8.69. The van der Waals surface area contributed by atoms with Crippen LogP contribution >= 0.6 is 11.3 Å². The maximum Gasteiger partial charge on any atom is 0.304 e. The van der Waals surface area contributed by atoms with E-state index in [-0.39, 0.29) is 10.6 Å². The zero-order valence-electron chi connectivity index (χ0n) is 12.1. The first kappa shape index (κ1) is 17.1. The highest BCUT2D eigenvalue weighted by Gasteiger charge is 2.32. The van der Waals surface area contributed by atoms with Crippen LogP contribution in [0, 0.1) is 5.41 Å². The number of carboxylic acids is 1. The molecule has 0 aliphatic rings. The van der Waals surface area contributed by atoms with Crippen molar-refractivity contribution in [2.75, 3.05) is 0 Å². The SMILES string of the molecule is CCc1ccc(S(=O)(=O)NC(CC(=O)O)C(C)(C)C)s1. The summed E-state index contributed by atoms with van der Waals surface area (Å²) in [6, 6.07) is 2.69. The molecule has 0 radical (unpaired) electrons. The third-order valence-electron chi connectivity index (χ3n) is 2.97. The lowest BCUT2D eigenvalue weighted by atomic mass is 9.85. The number of hydrogen-bond donors (Lipinski definition) is 2. The molecule has 114 valence electrons. The molecular formula is C13H21NO4S2. The van der Waals surface area contributed by atoms with Crippen molar-refractivity contribution in [2.24, 2.45) is 5.41 Å². The molecule has 1 rings (SSSR count). The summed E-state index contributed by atoms with van der Waals surface area (Å²) in [6.07, 6.45) is 0.534. The highest BCUT2D eigenvalue weighted by molar-refractivity contribution is 7.91. The molecule has 0 bridgehead atoms. The van der Waals surface area contributed by atoms with Crippen molar-refractivity contribution in [2.45, 2.75) is 50.8 Å². The number of nitrogens with one attached hydrogen (secondary N) is 1. The van der Waals surface area contributed by atoms with Gasteiger partial charge in [-0.05, 0) is 24.0 Å². The molecule has 1 atom stereocenters.